The lowest BCUT2D eigenvalue weighted by atomic mass is 10.1. The number of nitrogens with one attached hydrogen (secondary N) is 1. The number of nitrogens with zero attached hydrogens (tertiary/aromatic N) is 2. The van der Waals surface area contributed by atoms with Gasteiger partial charge in [-0.05, 0) is 54.6 Å². The minimum absolute atomic E-state index is 0.0871. The second-order valence-corrected chi connectivity index (χ2v) is 12.9. The molecular formula is C29H31N3O7S3. The molecule has 0 spiro atoms. The van der Waals surface area contributed by atoms with Crippen LogP contribution in [0.5, 0.6) is 5.75 Å². The zero-order chi connectivity index (χ0) is 30.4. The molecule has 0 aliphatic carbocycles. The molecule has 2 aromatic carbocycles. The fourth-order valence-electron chi connectivity index (χ4n) is 4.40. The van der Waals surface area contributed by atoms with Gasteiger partial charge in [0.25, 0.3) is 5.56 Å². The van der Waals surface area contributed by atoms with Crippen molar-refractivity contribution in [1.82, 2.24) is 13.9 Å². The summed E-state index contributed by atoms with van der Waals surface area (Å²) in [5.74, 6) is -0.119. The Morgan fingerprint density at radius 3 is 2.48 bits per heavy atom. The minimum Gasteiger partial charge on any atom is -0.490 e. The van der Waals surface area contributed by atoms with E-state index < -0.39 is 33.8 Å². The van der Waals surface area contributed by atoms with Gasteiger partial charge < -0.3 is 9.47 Å². The zero-order valence-electron chi connectivity index (χ0n) is 23.4. The van der Waals surface area contributed by atoms with Crippen LogP contribution in [0.2, 0.25) is 0 Å². The van der Waals surface area contributed by atoms with Crippen molar-refractivity contribution in [2.45, 2.75) is 31.5 Å². The number of carbonyl (C=O) groups is 1. The second kappa shape index (κ2) is 13.6. The fourth-order valence-corrected chi connectivity index (χ4v) is 6.72. The summed E-state index contributed by atoms with van der Waals surface area (Å²) < 4.78 is 39.7. The number of esters is 1. The molecule has 42 heavy (non-hydrogen) atoms. The molecule has 0 unspecified atom stereocenters. The largest absolute Gasteiger partial charge is 0.490 e. The second-order valence-electron chi connectivity index (χ2n) is 9.18. The number of thiophene rings is 1. The molecule has 13 heteroatoms. The third kappa shape index (κ3) is 7.04. The summed E-state index contributed by atoms with van der Waals surface area (Å²) >= 11 is 2.74. The highest BCUT2D eigenvalue weighted by atomic mass is 32.2. The summed E-state index contributed by atoms with van der Waals surface area (Å²) in [5.41, 5.74) is 0.586. The molecule has 0 saturated carbocycles. The lowest BCUT2D eigenvalue weighted by Crippen LogP contribution is -2.42. The number of hydrogen-bond acceptors (Lipinski definition) is 9. The topological polar surface area (TPSA) is 126 Å². The van der Waals surface area contributed by atoms with E-state index >= 15 is 0 Å². The van der Waals surface area contributed by atoms with Crippen molar-refractivity contribution >= 4 is 49.3 Å². The predicted molar refractivity (Wildman–Crippen MR) is 167 cm³/mol. The third-order valence-electron chi connectivity index (χ3n) is 6.26. The molecule has 1 N–H and O–H groups in total. The monoisotopic (exact) mass is 629 g/mol. The van der Waals surface area contributed by atoms with Crippen LogP contribution in [0.25, 0.3) is 20.7 Å². The molecule has 0 bridgehead atoms. The van der Waals surface area contributed by atoms with Gasteiger partial charge in [0.2, 0.25) is 10.0 Å². The van der Waals surface area contributed by atoms with Crippen molar-refractivity contribution in [2.75, 3.05) is 25.7 Å². The van der Waals surface area contributed by atoms with Crippen LogP contribution < -0.4 is 20.7 Å². The number of hydrogen-bond donors (Lipinski definition) is 1. The molecule has 222 valence electrons. The molecule has 4 aromatic rings. The quantitative estimate of drug-likeness (QED) is 0.134. The maximum Gasteiger partial charge on any atom is 0.332 e. The van der Waals surface area contributed by atoms with Gasteiger partial charge in [-0.15, -0.1) is 23.1 Å². The Morgan fingerprint density at radius 1 is 1.12 bits per heavy atom. The Kier molecular flexibility index (Phi) is 10.1. The lowest BCUT2D eigenvalue weighted by molar-refractivity contribution is -0.143. The molecule has 2 aromatic heterocycles. The number of benzene rings is 2. The molecule has 0 radical (unpaired) electrons. The Labute approximate surface area is 251 Å². The van der Waals surface area contributed by atoms with E-state index in [1.807, 2.05) is 30.5 Å². The molecule has 0 amide bonds. The van der Waals surface area contributed by atoms with Crippen LogP contribution >= 0.6 is 23.1 Å². The average molecular weight is 630 g/mol. The van der Waals surface area contributed by atoms with E-state index in [1.54, 1.807) is 37.3 Å². The van der Waals surface area contributed by atoms with Crippen LogP contribution in [0.1, 0.15) is 18.1 Å². The van der Waals surface area contributed by atoms with Gasteiger partial charge in [-0.1, -0.05) is 30.9 Å². The van der Waals surface area contributed by atoms with Crippen LogP contribution in [0, 0.1) is 0 Å². The molecule has 10 nitrogen and oxygen atoms in total. The highest BCUT2D eigenvalue weighted by Crippen LogP contribution is 2.38. The molecule has 2 heterocycles. The van der Waals surface area contributed by atoms with E-state index in [0.29, 0.717) is 33.2 Å². The van der Waals surface area contributed by atoms with Crippen LogP contribution in [0.4, 0.5) is 0 Å². The highest BCUT2D eigenvalue weighted by molar-refractivity contribution is 7.98. The number of thioether (sulfide) groups is 1. The van der Waals surface area contributed by atoms with Gasteiger partial charge in [0.05, 0.1) is 24.8 Å². The van der Waals surface area contributed by atoms with Crippen molar-refractivity contribution in [3.8, 4) is 16.2 Å². The Hall–Kier alpha value is -3.65. The molecule has 4 rings (SSSR count). The summed E-state index contributed by atoms with van der Waals surface area (Å²) in [6.45, 7) is 5.05. The summed E-state index contributed by atoms with van der Waals surface area (Å²) in [4.78, 5) is 42.1. The van der Waals surface area contributed by atoms with Gasteiger partial charge in [0, 0.05) is 21.9 Å². The maximum absolute atomic E-state index is 13.9. The van der Waals surface area contributed by atoms with Crippen molar-refractivity contribution < 1.29 is 22.7 Å². The summed E-state index contributed by atoms with van der Waals surface area (Å²) in [5, 5.41) is 0.156. The van der Waals surface area contributed by atoms with Crippen molar-refractivity contribution in [3.63, 3.8) is 0 Å². The molecular weight excluding hydrogens is 599 g/mol. The van der Waals surface area contributed by atoms with E-state index in [-0.39, 0.29) is 25.1 Å². The van der Waals surface area contributed by atoms with Crippen molar-refractivity contribution in [2.24, 2.45) is 0 Å². The number of ether oxygens (including phenoxy) is 2. The molecule has 0 fully saturated rings. The first-order valence-electron chi connectivity index (χ1n) is 12.9. The number of aromatic nitrogens is 2. The standard InChI is InChI=1S/C29H31N3O7S3/c1-5-15-39-21-13-11-19(12-14-21)26-22(16-30-42(4,36)37)25-27(34)31(18-24(33)38-6-2)29(35)32(28(25)41-26)17-20-9-7-8-10-23(20)40-3/h5,7-14,30H,1,6,15-18H2,2-4H3. The lowest BCUT2D eigenvalue weighted by Gasteiger charge is -2.14. The highest BCUT2D eigenvalue weighted by Gasteiger charge is 2.25. The van der Waals surface area contributed by atoms with Crippen molar-refractivity contribution in [1.29, 1.82) is 0 Å². The molecule has 0 atom stereocenters. The van der Waals surface area contributed by atoms with Gasteiger partial charge in [-0.2, -0.15) is 0 Å². The van der Waals surface area contributed by atoms with Gasteiger partial charge in [0.1, 0.15) is 23.7 Å². The first-order chi connectivity index (χ1) is 20.1. The number of carbonyl (C=O) groups excluding carboxylic acids is 1. The van der Waals surface area contributed by atoms with Gasteiger partial charge >= 0.3 is 11.7 Å². The van der Waals surface area contributed by atoms with Gasteiger partial charge in [0.15, 0.2) is 0 Å². The normalized spacial score (nSPS) is 11.5. The fraction of sp³-hybridized carbons (Fsp3) is 0.276. The van der Waals surface area contributed by atoms with Crippen molar-refractivity contribution in [3.05, 3.63) is 93.2 Å². The SMILES string of the molecule is C=CCOc1ccc(-c2sc3c(c2CNS(C)(=O)=O)c(=O)n(CC(=O)OCC)c(=O)n3Cc2ccccc2SC)cc1. The van der Waals surface area contributed by atoms with Crippen LogP contribution in [-0.2, 0) is 39.2 Å². The van der Waals surface area contributed by atoms with E-state index in [2.05, 4.69) is 11.3 Å². The predicted octanol–water partition coefficient (Wildman–Crippen LogP) is 3.84. The van der Waals surface area contributed by atoms with Gasteiger partial charge in [-0.3, -0.25) is 14.2 Å². The summed E-state index contributed by atoms with van der Waals surface area (Å²) in [6, 6.07) is 14.7. The zero-order valence-corrected chi connectivity index (χ0v) is 25.9. The minimum atomic E-state index is -3.64. The third-order valence-corrected chi connectivity index (χ3v) is 9.07. The summed E-state index contributed by atoms with van der Waals surface area (Å²) in [6.07, 6.45) is 4.59. The Morgan fingerprint density at radius 2 is 1.83 bits per heavy atom. The van der Waals surface area contributed by atoms with E-state index in [0.717, 1.165) is 21.3 Å². The summed E-state index contributed by atoms with van der Waals surface area (Å²) in [7, 11) is -3.64. The van der Waals surface area contributed by atoms with Gasteiger partial charge in [-0.25, -0.2) is 22.5 Å². The van der Waals surface area contributed by atoms with E-state index in [9.17, 15) is 22.8 Å². The maximum atomic E-state index is 13.9. The molecule has 0 aliphatic heterocycles. The smallest absolute Gasteiger partial charge is 0.332 e. The van der Waals surface area contributed by atoms with E-state index in [4.69, 9.17) is 9.47 Å². The van der Waals surface area contributed by atoms with Crippen LogP contribution in [0.3, 0.4) is 0 Å². The average Bonchev–Trinajstić information content (AvgIpc) is 3.35. The molecule has 0 saturated heterocycles. The molecule has 0 aliphatic rings. The van der Waals surface area contributed by atoms with Crippen LogP contribution in [0.15, 0.2) is 75.7 Å². The number of fused-ring (bicyclic) bond motifs is 1. The Bertz CT molecular complexity index is 1840. The number of sulfonamides is 1. The first-order valence-corrected chi connectivity index (χ1v) is 16.9. The Balaban J connectivity index is 2.02. The number of rotatable bonds is 13. The first kappa shape index (κ1) is 31.3. The van der Waals surface area contributed by atoms with Crippen LogP contribution in [-0.4, -0.2) is 49.2 Å². The van der Waals surface area contributed by atoms with E-state index in [1.165, 1.54) is 27.7 Å².